The molecule has 0 amide bonds. The van der Waals surface area contributed by atoms with E-state index in [0.717, 1.165) is 22.7 Å². The maximum atomic E-state index is 6.30. The van der Waals surface area contributed by atoms with Gasteiger partial charge in [-0.15, -0.1) is 11.6 Å². The first kappa shape index (κ1) is 14.4. The average Bonchev–Trinajstić information content (AvgIpc) is 2.76. The van der Waals surface area contributed by atoms with Gasteiger partial charge in [0.15, 0.2) is 5.65 Å². The number of pyridine rings is 1. The number of alkyl halides is 1. The summed E-state index contributed by atoms with van der Waals surface area (Å²) in [5, 5.41) is 0.347. The fourth-order valence-electron chi connectivity index (χ4n) is 2.56. The summed E-state index contributed by atoms with van der Waals surface area (Å²) in [6.07, 6.45) is 1.63. The second-order valence-corrected chi connectivity index (χ2v) is 6.35. The predicted molar refractivity (Wildman–Crippen MR) is 87.6 cm³/mol. The second-order valence-electron chi connectivity index (χ2n) is 5.26. The molecule has 1 aromatic carbocycles. The van der Waals surface area contributed by atoms with Gasteiger partial charge in [0.05, 0.1) is 10.4 Å². The molecule has 0 radical (unpaired) electrons. The van der Waals surface area contributed by atoms with E-state index in [2.05, 4.69) is 42.0 Å². The molecule has 3 aromatic rings. The lowest BCUT2D eigenvalue weighted by molar-refractivity contribution is 0.875. The number of halogens is 2. The van der Waals surface area contributed by atoms with Crippen molar-refractivity contribution in [3.63, 3.8) is 0 Å². The monoisotopic (exact) mass is 319 g/mol. The number of nitrogens with zero attached hydrogens (tertiary/aromatic N) is 3. The molecule has 0 bridgehead atoms. The quantitative estimate of drug-likeness (QED) is 0.623. The molecule has 0 saturated heterocycles. The number of hydrogen-bond donors (Lipinski definition) is 0. The molecule has 2 aromatic heterocycles. The molecule has 3 nitrogen and oxygen atoms in total. The van der Waals surface area contributed by atoms with Crippen LogP contribution >= 0.6 is 23.2 Å². The van der Waals surface area contributed by atoms with Crippen LogP contribution in [0.5, 0.6) is 0 Å². The summed E-state index contributed by atoms with van der Waals surface area (Å²) in [5.74, 6) is 0.770. The van der Waals surface area contributed by atoms with Crippen molar-refractivity contribution in [1.29, 1.82) is 0 Å². The van der Waals surface area contributed by atoms with E-state index in [1.165, 1.54) is 11.1 Å². The molecule has 0 spiro atoms. The van der Waals surface area contributed by atoms with Crippen LogP contribution in [0.25, 0.3) is 16.9 Å². The Balaban J connectivity index is 2.36. The van der Waals surface area contributed by atoms with E-state index in [1.54, 1.807) is 6.20 Å². The number of rotatable bonds is 2. The lowest BCUT2D eigenvalue weighted by atomic mass is 10.1. The molecule has 3 rings (SSSR count). The molecule has 0 fully saturated rings. The van der Waals surface area contributed by atoms with Crippen LogP contribution in [-0.4, -0.2) is 14.5 Å². The minimum atomic E-state index is -0.223. The smallest absolute Gasteiger partial charge is 0.164 e. The minimum Gasteiger partial charge on any atom is -0.279 e. The molecule has 108 valence electrons. The van der Waals surface area contributed by atoms with Crippen LogP contribution in [0.4, 0.5) is 0 Å². The molecule has 0 aliphatic rings. The normalized spacial score (nSPS) is 12.8. The van der Waals surface area contributed by atoms with Crippen LogP contribution in [0.3, 0.4) is 0 Å². The molecule has 0 N–H and O–H groups in total. The SMILES string of the molecule is Cc1cc(C)cc(-n2c(C(C)Cl)nc3cc(Cl)cnc32)c1. The molecule has 0 aliphatic carbocycles. The van der Waals surface area contributed by atoms with Gasteiger partial charge in [-0.1, -0.05) is 17.7 Å². The standard InChI is InChI=1S/C16H15Cl2N3/c1-9-4-10(2)6-13(5-9)21-15(11(3)17)20-14-7-12(18)8-19-16(14)21/h4-8,11H,1-3H3. The van der Waals surface area contributed by atoms with Crippen molar-refractivity contribution in [3.05, 3.63) is 52.4 Å². The van der Waals surface area contributed by atoms with E-state index in [9.17, 15) is 0 Å². The molecule has 1 atom stereocenters. The van der Waals surface area contributed by atoms with Crippen molar-refractivity contribution < 1.29 is 0 Å². The fourth-order valence-corrected chi connectivity index (χ4v) is 2.86. The third-order valence-corrected chi connectivity index (χ3v) is 3.71. The van der Waals surface area contributed by atoms with E-state index < -0.39 is 0 Å². The van der Waals surface area contributed by atoms with Gasteiger partial charge in [0, 0.05) is 11.9 Å². The molecule has 0 aliphatic heterocycles. The van der Waals surface area contributed by atoms with Crippen molar-refractivity contribution >= 4 is 34.4 Å². The Hall–Kier alpha value is -1.58. The van der Waals surface area contributed by atoms with E-state index in [-0.39, 0.29) is 5.38 Å². The largest absolute Gasteiger partial charge is 0.279 e. The number of imidazole rings is 1. The van der Waals surface area contributed by atoms with Gasteiger partial charge < -0.3 is 0 Å². The Morgan fingerprint density at radius 2 is 1.76 bits per heavy atom. The molecule has 1 unspecified atom stereocenters. The maximum Gasteiger partial charge on any atom is 0.164 e. The lowest BCUT2D eigenvalue weighted by Crippen LogP contribution is -2.03. The fraction of sp³-hybridized carbons (Fsp3) is 0.250. The summed E-state index contributed by atoms with van der Waals surface area (Å²) in [6, 6.07) is 8.16. The van der Waals surface area contributed by atoms with E-state index in [4.69, 9.17) is 23.2 Å². The lowest BCUT2D eigenvalue weighted by Gasteiger charge is -2.11. The van der Waals surface area contributed by atoms with Crippen molar-refractivity contribution in [1.82, 2.24) is 14.5 Å². The Morgan fingerprint density at radius 1 is 1.10 bits per heavy atom. The minimum absolute atomic E-state index is 0.223. The summed E-state index contributed by atoms with van der Waals surface area (Å²) in [7, 11) is 0. The van der Waals surface area contributed by atoms with Gasteiger partial charge >= 0.3 is 0 Å². The van der Waals surface area contributed by atoms with Crippen molar-refractivity contribution in [2.24, 2.45) is 0 Å². The van der Waals surface area contributed by atoms with Gasteiger partial charge in [-0.25, -0.2) is 9.97 Å². The van der Waals surface area contributed by atoms with E-state index in [0.29, 0.717) is 5.02 Å². The first-order chi connectivity index (χ1) is 9.95. The number of aromatic nitrogens is 3. The highest BCUT2D eigenvalue weighted by atomic mass is 35.5. The number of fused-ring (bicyclic) bond motifs is 1. The summed E-state index contributed by atoms with van der Waals surface area (Å²) in [5.41, 5.74) is 4.92. The van der Waals surface area contributed by atoms with Crippen LogP contribution in [0.1, 0.15) is 29.3 Å². The van der Waals surface area contributed by atoms with Crippen molar-refractivity contribution in [2.45, 2.75) is 26.1 Å². The Morgan fingerprint density at radius 3 is 2.38 bits per heavy atom. The molecule has 21 heavy (non-hydrogen) atoms. The predicted octanol–water partition coefficient (Wildman–Crippen LogP) is 4.99. The van der Waals surface area contributed by atoms with E-state index >= 15 is 0 Å². The van der Waals surface area contributed by atoms with E-state index in [1.807, 2.05) is 17.6 Å². The second kappa shape index (κ2) is 5.32. The van der Waals surface area contributed by atoms with Gasteiger partial charge in [0.1, 0.15) is 11.3 Å². The Bertz CT molecular complexity index is 801. The van der Waals surface area contributed by atoms with Crippen molar-refractivity contribution in [2.75, 3.05) is 0 Å². The Labute approximate surface area is 133 Å². The highest BCUT2D eigenvalue weighted by Gasteiger charge is 2.18. The zero-order chi connectivity index (χ0) is 15.1. The highest BCUT2D eigenvalue weighted by Crippen LogP contribution is 2.29. The van der Waals surface area contributed by atoms with Crippen molar-refractivity contribution in [3.8, 4) is 5.69 Å². The first-order valence-electron chi connectivity index (χ1n) is 6.72. The van der Waals surface area contributed by atoms with Crippen LogP contribution in [0.2, 0.25) is 5.02 Å². The van der Waals surface area contributed by atoms with Gasteiger partial charge in [-0.05, 0) is 50.1 Å². The number of aryl methyl sites for hydroxylation is 2. The topological polar surface area (TPSA) is 30.7 Å². The zero-order valence-electron chi connectivity index (χ0n) is 12.1. The van der Waals surface area contributed by atoms with Crippen LogP contribution in [0, 0.1) is 13.8 Å². The first-order valence-corrected chi connectivity index (χ1v) is 7.54. The molecule has 5 heteroatoms. The number of hydrogen-bond acceptors (Lipinski definition) is 2. The molecule has 2 heterocycles. The van der Waals surface area contributed by atoms with Crippen LogP contribution in [0.15, 0.2) is 30.5 Å². The van der Waals surface area contributed by atoms with Gasteiger partial charge in [0.25, 0.3) is 0 Å². The average molecular weight is 320 g/mol. The zero-order valence-corrected chi connectivity index (χ0v) is 13.6. The third-order valence-electron chi connectivity index (χ3n) is 3.31. The molecule has 0 saturated carbocycles. The number of benzene rings is 1. The molecular formula is C16H15Cl2N3. The van der Waals surface area contributed by atoms with Gasteiger partial charge in [-0.2, -0.15) is 0 Å². The summed E-state index contributed by atoms with van der Waals surface area (Å²) in [6.45, 7) is 6.05. The van der Waals surface area contributed by atoms with Gasteiger partial charge in [0.2, 0.25) is 0 Å². The van der Waals surface area contributed by atoms with Crippen LogP contribution < -0.4 is 0 Å². The third kappa shape index (κ3) is 2.63. The summed E-state index contributed by atoms with van der Waals surface area (Å²) >= 11 is 12.3. The summed E-state index contributed by atoms with van der Waals surface area (Å²) in [4.78, 5) is 9.02. The van der Waals surface area contributed by atoms with Crippen LogP contribution in [-0.2, 0) is 0 Å². The summed E-state index contributed by atoms with van der Waals surface area (Å²) < 4.78 is 2.00. The highest BCUT2D eigenvalue weighted by molar-refractivity contribution is 6.31. The van der Waals surface area contributed by atoms with Gasteiger partial charge in [-0.3, -0.25) is 4.57 Å². The maximum absolute atomic E-state index is 6.30. The Kier molecular flexibility index (Phi) is 3.64. The molecular weight excluding hydrogens is 305 g/mol.